The Morgan fingerprint density at radius 3 is 2.80 bits per heavy atom. The van der Waals surface area contributed by atoms with E-state index in [4.69, 9.17) is 22.7 Å². The van der Waals surface area contributed by atoms with E-state index in [1.54, 1.807) is 12.1 Å². The SMILES string of the molecule is N#Cc1ccc(NC(=O)c2ccncc2NN)c(Cl)c1. The Labute approximate surface area is 120 Å². The number of hydrogen-bond acceptors (Lipinski definition) is 5. The lowest BCUT2D eigenvalue weighted by Crippen LogP contribution is -2.17. The van der Waals surface area contributed by atoms with Crippen molar-refractivity contribution in [2.75, 3.05) is 10.7 Å². The van der Waals surface area contributed by atoms with Crippen LogP contribution in [0.4, 0.5) is 11.4 Å². The standard InChI is InChI=1S/C13H10ClN5O/c14-10-5-8(6-15)1-2-11(10)18-13(20)9-3-4-17-7-12(9)19-16/h1-5,7,19H,16H2,(H,18,20). The molecule has 20 heavy (non-hydrogen) atoms. The van der Waals surface area contributed by atoms with Gasteiger partial charge in [-0.05, 0) is 24.3 Å². The predicted molar refractivity (Wildman–Crippen MR) is 76.2 cm³/mol. The quantitative estimate of drug-likeness (QED) is 0.593. The van der Waals surface area contributed by atoms with Gasteiger partial charge in [0.05, 0.1) is 39.8 Å². The fraction of sp³-hybridized carbons (Fsp3) is 0. The van der Waals surface area contributed by atoms with Gasteiger partial charge in [-0.2, -0.15) is 5.26 Å². The van der Waals surface area contributed by atoms with Gasteiger partial charge < -0.3 is 10.7 Å². The third-order valence-electron chi connectivity index (χ3n) is 2.57. The van der Waals surface area contributed by atoms with Crippen molar-refractivity contribution in [3.8, 4) is 6.07 Å². The third-order valence-corrected chi connectivity index (χ3v) is 2.88. The summed E-state index contributed by atoms with van der Waals surface area (Å²) in [7, 11) is 0. The Balaban J connectivity index is 2.26. The molecule has 0 aliphatic carbocycles. The van der Waals surface area contributed by atoms with Crippen molar-refractivity contribution in [2.45, 2.75) is 0 Å². The van der Waals surface area contributed by atoms with E-state index in [2.05, 4.69) is 15.7 Å². The lowest BCUT2D eigenvalue weighted by Gasteiger charge is -2.10. The minimum Gasteiger partial charge on any atom is -0.322 e. The molecule has 0 bridgehead atoms. The van der Waals surface area contributed by atoms with Gasteiger partial charge in [0.25, 0.3) is 5.91 Å². The fourth-order valence-electron chi connectivity index (χ4n) is 1.58. The van der Waals surface area contributed by atoms with Crippen LogP contribution in [0, 0.1) is 11.3 Å². The highest BCUT2D eigenvalue weighted by Crippen LogP contribution is 2.24. The second-order valence-corrected chi connectivity index (χ2v) is 4.23. The van der Waals surface area contributed by atoms with Crippen molar-refractivity contribution in [3.05, 3.63) is 52.8 Å². The molecule has 1 aromatic heterocycles. The fourth-order valence-corrected chi connectivity index (χ4v) is 1.81. The van der Waals surface area contributed by atoms with E-state index in [1.165, 1.54) is 24.5 Å². The number of nitrogens with one attached hydrogen (secondary N) is 2. The van der Waals surface area contributed by atoms with Crippen molar-refractivity contribution < 1.29 is 4.79 Å². The number of nitrogen functional groups attached to an aromatic ring is 1. The number of rotatable bonds is 3. The van der Waals surface area contributed by atoms with Crippen LogP contribution in [0.1, 0.15) is 15.9 Å². The van der Waals surface area contributed by atoms with E-state index in [0.29, 0.717) is 22.5 Å². The first kappa shape index (κ1) is 13.8. The van der Waals surface area contributed by atoms with Gasteiger partial charge in [-0.1, -0.05) is 11.6 Å². The summed E-state index contributed by atoms with van der Waals surface area (Å²) in [5, 5.41) is 11.7. The number of nitrogens with zero attached hydrogens (tertiary/aromatic N) is 2. The highest BCUT2D eigenvalue weighted by molar-refractivity contribution is 6.34. The highest BCUT2D eigenvalue weighted by atomic mass is 35.5. The van der Waals surface area contributed by atoms with E-state index in [0.717, 1.165) is 0 Å². The van der Waals surface area contributed by atoms with Crippen LogP contribution in [0.15, 0.2) is 36.7 Å². The molecule has 0 aliphatic heterocycles. The molecule has 0 fully saturated rings. The van der Waals surface area contributed by atoms with Crippen molar-refractivity contribution in [2.24, 2.45) is 5.84 Å². The normalized spacial score (nSPS) is 9.65. The number of amides is 1. The molecule has 0 saturated carbocycles. The Morgan fingerprint density at radius 2 is 2.15 bits per heavy atom. The monoisotopic (exact) mass is 287 g/mol. The Morgan fingerprint density at radius 1 is 1.35 bits per heavy atom. The molecule has 1 aromatic carbocycles. The maximum absolute atomic E-state index is 12.1. The number of hydrogen-bond donors (Lipinski definition) is 3. The third kappa shape index (κ3) is 2.85. The zero-order valence-corrected chi connectivity index (χ0v) is 11.0. The van der Waals surface area contributed by atoms with Gasteiger partial charge in [-0.3, -0.25) is 15.6 Å². The number of pyridine rings is 1. The van der Waals surface area contributed by atoms with E-state index >= 15 is 0 Å². The zero-order valence-electron chi connectivity index (χ0n) is 10.2. The van der Waals surface area contributed by atoms with E-state index in [1.807, 2.05) is 6.07 Å². The summed E-state index contributed by atoms with van der Waals surface area (Å²) in [6.45, 7) is 0. The molecule has 7 heteroatoms. The summed E-state index contributed by atoms with van der Waals surface area (Å²) < 4.78 is 0. The van der Waals surface area contributed by atoms with Crippen LogP contribution in [0.5, 0.6) is 0 Å². The molecule has 1 amide bonds. The van der Waals surface area contributed by atoms with Crippen molar-refractivity contribution >= 4 is 28.9 Å². The molecule has 0 saturated heterocycles. The first-order chi connectivity index (χ1) is 9.65. The molecule has 0 radical (unpaired) electrons. The molecular formula is C13H10ClN5O. The zero-order chi connectivity index (χ0) is 14.5. The van der Waals surface area contributed by atoms with E-state index in [-0.39, 0.29) is 10.9 Å². The Bertz CT molecular complexity index is 695. The minimum atomic E-state index is -0.382. The van der Waals surface area contributed by atoms with Crippen LogP contribution in [-0.4, -0.2) is 10.9 Å². The van der Waals surface area contributed by atoms with Gasteiger partial charge in [0.15, 0.2) is 0 Å². The van der Waals surface area contributed by atoms with Crippen molar-refractivity contribution in [1.82, 2.24) is 4.98 Å². The van der Waals surface area contributed by atoms with Gasteiger partial charge in [0, 0.05) is 6.20 Å². The Hall–Kier alpha value is -2.62. The summed E-state index contributed by atoms with van der Waals surface area (Å²) in [5.74, 6) is 4.94. The maximum Gasteiger partial charge on any atom is 0.257 e. The largest absolute Gasteiger partial charge is 0.322 e. The highest BCUT2D eigenvalue weighted by Gasteiger charge is 2.12. The lowest BCUT2D eigenvalue weighted by atomic mass is 10.2. The first-order valence-corrected chi connectivity index (χ1v) is 5.95. The van der Waals surface area contributed by atoms with Crippen LogP contribution < -0.4 is 16.6 Å². The second kappa shape index (κ2) is 6.02. The summed E-state index contributed by atoms with van der Waals surface area (Å²) in [5.41, 5.74) is 3.96. The average Bonchev–Trinajstić information content (AvgIpc) is 2.49. The van der Waals surface area contributed by atoms with Gasteiger partial charge in [0.1, 0.15) is 0 Å². The van der Waals surface area contributed by atoms with Crippen molar-refractivity contribution in [3.63, 3.8) is 0 Å². The summed E-state index contributed by atoms with van der Waals surface area (Å²) in [4.78, 5) is 16.0. The molecule has 2 aromatic rings. The van der Waals surface area contributed by atoms with Crippen LogP contribution in [0.25, 0.3) is 0 Å². The van der Waals surface area contributed by atoms with Crippen LogP contribution >= 0.6 is 11.6 Å². The number of carbonyl (C=O) groups excluding carboxylic acids is 1. The van der Waals surface area contributed by atoms with Crippen molar-refractivity contribution in [1.29, 1.82) is 5.26 Å². The number of nitrogens with two attached hydrogens (primary N) is 1. The molecule has 4 N–H and O–H groups in total. The molecule has 0 unspecified atom stereocenters. The van der Waals surface area contributed by atoms with Gasteiger partial charge >= 0.3 is 0 Å². The van der Waals surface area contributed by atoms with Crippen LogP contribution in [0.3, 0.4) is 0 Å². The number of halogens is 1. The number of anilines is 2. The maximum atomic E-state index is 12.1. The number of benzene rings is 1. The topological polar surface area (TPSA) is 104 Å². The predicted octanol–water partition coefficient (Wildman–Crippen LogP) is 2.14. The number of nitriles is 1. The molecule has 0 aliphatic rings. The lowest BCUT2D eigenvalue weighted by molar-refractivity contribution is 0.102. The number of hydrazine groups is 1. The molecular weight excluding hydrogens is 278 g/mol. The van der Waals surface area contributed by atoms with E-state index < -0.39 is 0 Å². The molecule has 1 heterocycles. The molecule has 2 rings (SSSR count). The van der Waals surface area contributed by atoms with Crippen LogP contribution in [-0.2, 0) is 0 Å². The van der Waals surface area contributed by atoms with Gasteiger partial charge in [0.2, 0.25) is 0 Å². The summed E-state index contributed by atoms with van der Waals surface area (Å²) in [6.07, 6.45) is 2.92. The minimum absolute atomic E-state index is 0.286. The van der Waals surface area contributed by atoms with Crippen LogP contribution in [0.2, 0.25) is 5.02 Å². The molecule has 0 atom stereocenters. The number of aromatic nitrogens is 1. The van der Waals surface area contributed by atoms with E-state index in [9.17, 15) is 4.79 Å². The molecule has 6 nitrogen and oxygen atoms in total. The molecule has 0 spiro atoms. The molecule has 100 valence electrons. The Kier molecular flexibility index (Phi) is 4.15. The number of carbonyl (C=O) groups is 1. The van der Waals surface area contributed by atoms with Gasteiger partial charge in [-0.25, -0.2) is 0 Å². The van der Waals surface area contributed by atoms with Gasteiger partial charge in [-0.15, -0.1) is 0 Å². The first-order valence-electron chi connectivity index (χ1n) is 5.57. The second-order valence-electron chi connectivity index (χ2n) is 3.83. The average molecular weight is 288 g/mol. The smallest absolute Gasteiger partial charge is 0.257 e. The summed E-state index contributed by atoms with van der Waals surface area (Å²) in [6, 6.07) is 8.10. The summed E-state index contributed by atoms with van der Waals surface area (Å²) >= 11 is 5.99.